The number of aliphatic hydroxyl groups is 1. The molecular formula is C30H37F6N5O12. The zero-order chi connectivity index (χ0) is 40.3. The number of amides is 5. The summed E-state index contributed by atoms with van der Waals surface area (Å²) in [7, 11) is 1.11. The molecule has 0 saturated carbocycles. The molecular weight excluding hydrogens is 736 g/mol. The predicted molar refractivity (Wildman–Crippen MR) is 165 cm³/mol. The summed E-state index contributed by atoms with van der Waals surface area (Å²) in [5, 5.41) is 18.3. The van der Waals surface area contributed by atoms with Crippen LogP contribution in [-0.2, 0) is 43.0 Å². The first-order valence-corrected chi connectivity index (χ1v) is 15.5. The highest BCUT2D eigenvalue weighted by atomic mass is 19.4. The maximum atomic E-state index is 14.2. The number of methoxy groups -OCH3 is 1. The van der Waals surface area contributed by atoms with Crippen molar-refractivity contribution < 1.29 is 84.0 Å². The van der Waals surface area contributed by atoms with Gasteiger partial charge in [-0.15, -0.1) is 0 Å². The van der Waals surface area contributed by atoms with Crippen LogP contribution in [0.1, 0.15) is 33.6 Å². The van der Waals surface area contributed by atoms with E-state index in [1.165, 1.54) is 13.8 Å². The summed E-state index contributed by atoms with van der Waals surface area (Å²) in [5.74, 6) is -13.0. The number of nitrogens with zero attached hydrogens (tertiary/aromatic N) is 1. The molecule has 2 rings (SSSR count). The first kappa shape index (κ1) is 43.8. The van der Waals surface area contributed by atoms with Gasteiger partial charge < -0.3 is 50.2 Å². The smallest absolute Gasteiger partial charge is 0.486 e. The lowest BCUT2D eigenvalue weighted by Gasteiger charge is -2.29. The van der Waals surface area contributed by atoms with Gasteiger partial charge in [-0.05, 0) is 32.4 Å². The number of carbonyl (C=O) groups is 7. The quantitative estimate of drug-likeness (QED) is 0.0658. The Kier molecular flexibility index (Phi) is 15.2. The molecule has 0 fully saturated rings. The minimum Gasteiger partial charge on any atom is -0.486 e. The molecule has 5 amide bonds. The Labute approximate surface area is 297 Å². The van der Waals surface area contributed by atoms with Crippen LogP contribution in [-0.4, -0.2) is 123 Å². The summed E-state index contributed by atoms with van der Waals surface area (Å²) in [6, 6.07) is 0.0837. The zero-order valence-electron chi connectivity index (χ0n) is 28.6. The number of anilines is 1. The third kappa shape index (κ3) is 12.4. The number of ether oxygens (including phenoxy) is 4. The van der Waals surface area contributed by atoms with E-state index in [-0.39, 0.29) is 30.8 Å². The summed E-state index contributed by atoms with van der Waals surface area (Å²) in [6.45, 7) is -1.18. The van der Waals surface area contributed by atoms with Crippen molar-refractivity contribution in [2.75, 3.05) is 44.9 Å². The molecule has 0 aliphatic carbocycles. The second kappa shape index (κ2) is 18.4. The molecule has 17 nitrogen and oxygen atoms in total. The lowest BCUT2D eigenvalue weighted by molar-refractivity contribution is -0.278. The van der Waals surface area contributed by atoms with Gasteiger partial charge >= 0.3 is 24.2 Å². The Morgan fingerprint density at radius 1 is 1.02 bits per heavy atom. The highest BCUT2D eigenvalue weighted by Gasteiger charge is 2.58. The second-order valence-electron chi connectivity index (χ2n) is 11.4. The molecule has 4 atom stereocenters. The molecule has 1 aromatic rings. The molecule has 1 aromatic carbocycles. The van der Waals surface area contributed by atoms with E-state index < -0.39 is 110 Å². The van der Waals surface area contributed by atoms with E-state index in [9.17, 15) is 65.0 Å². The van der Waals surface area contributed by atoms with Crippen molar-refractivity contribution in [3.63, 3.8) is 0 Å². The van der Waals surface area contributed by atoms with Gasteiger partial charge in [0.05, 0.1) is 32.4 Å². The number of halogens is 6. The predicted octanol–water partition coefficient (Wildman–Crippen LogP) is 0.217. The van der Waals surface area contributed by atoms with Crippen molar-refractivity contribution in [3.8, 4) is 5.75 Å². The summed E-state index contributed by atoms with van der Waals surface area (Å²) < 4.78 is 98.2. The number of hydrogen-bond donors (Lipinski definition) is 5. The molecule has 0 bridgehead atoms. The van der Waals surface area contributed by atoms with Gasteiger partial charge in [0, 0.05) is 19.4 Å². The van der Waals surface area contributed by atoms with Gasteiger partial charge in [-0.2, -0.15) is 22.0 Å². The van der Waals surface area contributed by atoms with Gasteiger partial charge in [0.1, 0.15) is 43.0 Å². The molecule has 1 heterocycles. The molecule has 23 heteroatoms. The molecule has 1 aliphatic heterocycles. The van der Waals surface area contributed by atoms with Crippen molar-refractivity contribution in [2.24, 2.45) is 0 Å². The van der Waals surface area contributed by atoms with Crippen LogP contribution in [0.25, 0.3) is 0 Å². The number of hydrogen-bond acceptors (Lipinski definition) is 12. The topological polar surface area (TPSA) is 228 Å². The Bertz CT molecular complexity index is 1540. The van der Waals surface area contributed by atoms with Crippen molar-refractivity contribution in [2.45, 2.75) is 69.5 Å². The van der Waals surface area contributed by atoms with Gasteiger partial charge in [-0.1, -0.05) is 0 Å². The summed E-state index contributed by atoms with van der Waals surface area (Å²) >= 11 is 0. The van der Waals surface area contributed by atoms with Crippen molar-refractivity contribution in [1.82, 2.24) is 21.3 Å². The molecule has 5 N–H and O–H groups in total. The molecule has 0 saturated heterocycles. The van der Waals surface area contributed by atoms with Crippen molar-refractivity contribution in [1.29, 1.82) is 0 Å². The van der Waals surface area contributed by atoms with E-state index in [1.54, 1.807) is 0 Å². The van der Waals surface area contributed by atoms with Gasteiger partial charge in [0.2, 0.25) is 17.4 Å². The third-order valence-corrected chi connectivity index (χ3v) is 7.28. The number of rotatable bonds is 16. The first-order valence-electron chi connectivity index (χ1n) is 15.5. The fraction of sp³-hybridized carbons (Fsp3) is 0.567. The van der Waals surface area contributed by atoms with E-state index >= 15 is 0 Å². The fourth-order valence-electron chi connectivity index (χ4n) is 4.40. The van der Waals surface area contributed by atoms with Crippen LogP contribution in [0, 0.1) is 5.82 Å². The van der Waals surface area contributed by atoms with Crippen LogP contribution >= 0.6 is 0 Å². The maximum absolute atomic E-state index is 14.2. The van der Waals surface area contributed by atoms with Crippen LogP contribution in [0.3, 0.4) is 0 Å². The largest absolute Gasteiger partial charge is 0.508 e. The van der Waals surface area contributed by atoms with E-state index in [4.69, 9.17) is 14.2 Å². The van der Waals surface area contributed by atoms with Crippen LogP contribution < -0.4 is 30.9 Å². The van der Waals surface area contributed by atoms with Crippen LogP contribution in [0.2, 0.25) is 0 Å². The fourth-order valence-corrected chi connectivity index (χ4v) is 4.40. The first-order chi connectivity index (χ1) is 24.5. The van der Waals surface area contributed by atoms with Crippen LogP contribution in [0.15, 0.2) is 18.2 Å². The summed E-state index contributed by atoms with van der Waals surface area (Å²) in [6.07, 6.45) is -8.94. The average Bonchev–Trinajstić information content (AvgIpc) is 3.16. The van der Waals surface area contributed by atoms with Crippen molar-refractivity contribution >= 4 is 47.3 Å². The second-order valence-corrected chi connectivity index (χ2v) is 11.4. The minimum absolute atomic E-state index is 0.0842. The molecule has 296 valence electrons. The monoisotopic (exact) mass is 773 g/mol. The normalized spacial score (nSPS) is 17.4. The van der Waals surface area contributed by atoms with Crippen LogP contribution in [0.5, 0.6) is 5.75 Å². The molecule has 0 spiro atoms. The Balaban J connectivity index is 2.01. The standard InChI is InChI=1S/C30H37F6N5O12/c1-15-22(40-26(47)28(3,49)25(46)38-14-29(32,33)30(34,35)36)23(44)41(19-13-17(31)5-7-20(19)53-15)10-12-52-27(48)51-11-9-37-21(43)8-6-18(24(45)50-4)39-16(2)42/h5,7,13,15,18,22,49H,6,8-12,14H2,1-4H3,(H,37,43)(H,38,46)(H,39,42)(H,40,47)/t15-,18?,22+,28?/m1/s1. The van der Waals surface area contributed by atoms with E-state index in [0.29, 0.717) is 6.92 Å². The van der Waals surface area contributed by atoms with Gasteiger partial charge in [0.25, 0.3) is 17.7 Å². The lowest BCUT2D eigenvalue weighted by atomic mass is 10.0. The molecule has 2 unspecified atom stereocenters. The Morgan fingerprint density at radius 2 is 1.66 bits per heavy atom. The highest BCUT2D eigenvalue weighted by molar-refractivity contribution is 6.10. The third-order valence-electron chi connectivity index (χ3n) is 7.28. The van der Waals surface area contributed by atoms with E-state index in [2.05, 4.69) is 15.4 Å². The summed E-state index contributed by atoms with van der Waals surface area (Å²) in [4.78, 5) is 86.8. The van der Waals surface area contributed by atoms with Gasteiger partial charge in [-0.3, -0.25) is 24.0 Å². The number of fused-ring (bicyclic) bond motifs is 1. The molecule has 53 heavy (non-hydrogen) atoms. The average molecular weight is 774 g/mol. The number of esters is 1. The van der Waals surface area contributed by atoms with E-state index in [1.807, 2.05) is 5.32 Å². The number of carbonyl (C=O) groups excluding carboxylic acids is 7. The number of nitrogens with one attached hydrogen (secondary N) is 4. The van der Waals surface area contributed by atoms with Gasteiger partial charge in [-0.25, -0.2) is 14.0 Å². The minimum atomic E-state index is -6.06. The van der Waals surface area contributed by atoms with Gasteiger partial charge in [0.15, 0.2) is 0 Å². The Hall–Kier alpha value is -5.35. The SMILES string of the molecule is COC(=O)C(CCC(=O)NCCOC(=O)OCCN1C(=O)[C@@H](NC(=O)C(C)(O)C(=O)NCC(F)(F)C(F)(F)F)[C@@H](C)Oc2ccc(F)cc21)NC(C)=O. The summed E-state index contributed by atoms with van der Waals surface area (Å²) in [5.41, 5.74) is -3.51. The lowest BCUT2D eigenvalue weighted by Crippen LogP contribution is -2.63. The van der Waals surface area contributed by atoms with E-state index in [0.717, 1.165) is 35.5 Å². The molecule has 0 radical (unpaired) electrons. The highest BCUT2D eigenvalue weighted by Crippen LogP contribution is 2.35. The molecule has 0 aromatic heterocycles. The van der Waals surface area contributed by atoms with Crippen LogP contribution in [0.4, 0.5) is 36.8 Å². The zero-order valence-corrected chi connectivity index (χ0v) is 28.6. The van der Waals surface area contributed by atoms with Crippen molar-refractivity contribution in [3.05, 3.63) is 24.0 Å². The maximum Gasteiger partial charge on any atom is 0.508 e. The number of benzene rings is 1. The molecule has 1 aliphatic rings. The number of alkyl halides is 5. The Morgan fingerprint density at radius 3 is 2.26 bits per heavy atom.